The minimum Gasteiger partial charge on any atom is -0.388 e. The van der Waals surface area contributed by atoms with Gasteiger partial charge in [-0.25, -0.2) is 0 Å². The molecule has 0 aliphatic heterocycles. The van der Waals surface area contributed by atoms with Crippen LogP contribution >= 0.6 is 0 Å². The molecule has 0 spiro atoms. The van der Waals surface area contributed by atoms with Crippen LogP contribution in [0.1, 0.15) is 49.9 Å². The lowest BCUT2D eigenvalue weighted by Crippen LogP contribution is -2.40. The molecule has 0 radical (unpaired) electrons. The highest BCUT2D eigenvalue weighted by molar-refractivity contribution is 5.94. The van der Waals surface area contributed by atoms with Gasteiger partial charge in [-0.05, 0) is 62.8 Å². The number of carbonyl (C=O) groups is 1. The molecule has 3 nitrogen and oxygen atoms in total. The van der Waals surface area contributed by atoms with Gasteiger partial charge in [-0.15, -0.1) is 0 Å². The van der Waals surface area contributed by atoms with E-state index in [1.54, 1.807) is 6.92 Å². The third-order valence-electron chi connectivity index (χ3n) is 4.12. The highest BCUT2D eigenvalue weighted by Crippen LogP contribution is 2.31. The molecule has 1 aliphatic carbocycles. The summed E-state index contributed by atoms with van der Waals surface area (Å²) in [5.74, 6) is 0.807. The van der Waals surface area contributed by atoms with Crippen LogP contribution in [0.15, 0.2) is 24.3 Å². The summed E-state index contributed by atoms with van der Waals surface area (Å²) < 4.78 is 0. The number of benzene rings is 1. The summed E-state index contributed by atoms with van der Waals surface area (Å²) >= 11 is 0. The largest absolute Gasteiger partial charge is 0.388 e. The first-order chi connectivity index (χ1) is 8.98. The van der Waals surface area contributed by atoms with E-state index in [-0.39, 0.29) is 5.78 Å². The van der Waals surface area contributed by atoms with E-state index >= 15 is 0 Å². The SMILES string of the molecule is CC(=O)c1ccc(NCC2(O)CCC(C)CC2)cc1. The van der Waals surface area contributed by atoms with E-state index in [9.17, 15) is 9.90 Å². The topological polar surface area (TPSA) is 49.3 Å². The number of hydrogen-bond donors (Lipinski definition) is 2. The monoisotopic (exact) mass is 261 g/mol. The molecule has 2 rings (SSSR count). The number of nitrogens with one attached hydrogen (secondary N) is 1. The Bertz CT molecular complexity index is 431. The van der Waals surface area contributed by atoms with E-state index in [0.29, 0.717) is 6.54 Å². The van der Waals surface area contributed by atoms with Crippen LogP contribution in [0.25, 0.3) is 0 Å². The maximum Gasteiger partial charge on any atom is 0.159 e. The van der Waals surface area contributed by atoms with E-state index in [0.717, 1.165) is 42.9 Å². The number of carbonyl (C=O) groups excluding carboxylic acids is 1. The highest BCUT2D eigenvalue weighted by Gasteiger charge is 2.31. The first kappa shape index (κ1) is 14.1. The second-order valence-corrected chi connectivity index (χ2v) is 5.89. The molecule has 1 aromatic carbocycles. The summed E-state index contributed by atoms with van der Waals surface area (Å²) in [6, 6.07) is 7.42. The van der Waals surface area contributed by atoms with Crippen molar-refractivity contribution in [2.24, 2.45) is 5.92 Å². The molecule has 0 saturated heterocycles. The summed E-state index contributed by atoms with van der Waals surface area (Å²) in [6.07, 6.45) is 3.93. The summed E-state index contributed by atoms with van der Waals surface area (Å²) in [5.41, 5.74) is 1.10. The molecule has 1 aromatic rings. The predicted molar refractivity (Wildman–Crippen MR) is 77.5 cm³/mol. The number of ketones is 1. The van der Waals surface area contributed by atoms with E-state index in [2.05, 4.69) is 12.2 Å². The number of Topliss-reactive ketones (excluding diaryl/α,β-unsaturated/α-hetero) is 1. The van der Waals surface area contributed by atoms with Gasteiger partial charge in [-0.2, -0.15) is 0 Å². The Hall–Kier alpha value is -1.35. The zero-order valence-electron chi connectivity index (χ0n) is 11.8. The van der Waals surface area contributed by atoms with Gasteiger partial charge in [0.05, 0.1) is 5.60 Å². The third kappa shape index (κ3) is 3.80. The molecule has 0 amide bonds. The molecule has 2 N–H and O–H groups in total. The standard InChI is InChI=1S/C16H23NO2/c1-12-7-9-16(19,10-8-12)11-17-15-5-3-14(4-6-15)13(2)18/h3-6,12,17,19H,7-11H2,1-2H3. The van der Waals surface area contributed by atoms with Gasteiger partial charge < -0.3 is 10.4 Å². The lowest BCUT2D eigenvalue weighted by molar-refractivity contribution is 0.00501. The van der Waals surface area contributed by atoms with Crippen molar-refractivity contribution in [1.29, 1.82) is 0 Å². The van der Waals surface area contributed by atoms with Gasteiger partial charge in [0, 0.05) is 17.8 Å². The van der Waals surface area contributed by atoms with Crippen LogP contribution in [0, 0.1) is 5.92 Å². The van der Waals surface area contributed by atoms with Crippen molar-refractivity contribution >= 4 is 11.5 Å². The Morgan fingerprint density at radius 3 is 2.42 bits per heavy atom. The Kier molecular flexibility index (Phi) is 4.25. The molecule has 19 heavy (non-hydrogen) atoms. The van der Waals surface area contributed by atoms with Crippen LogP contribution < -0.4 is 5.32 Å². The number of aliphatic hydroxyl groups is 1. The normalized spacial score (nSPS) is 27.0. The lowest BCUT2D eigenvalue weighted by Gasteiger charge is -2.35. The van der Waals surface area contributed by atoms with Crippen LogP contribution in [0.3, 0.4) is 0 Å². The molecule has 3 heteroatoms. The van der Waals surface area contributed by atoms with E-state index in [1.165, 1.54) is 0 Å². The summed E-state index contributed by atoms with van der Waals surface area (Å²) in [6.45, 7) is 4.39. The van der Waals surface area contributed by atoms with Gasteiger partial charge in [0.2, 0.25) is 0 Å². The second kappa shape index (κ2) is 5.74. The molecule has 0 bridgehead atoms. The fourth-order valence-corrected chi connectivity index (χ4v) is 2.57. The minimum absolute atomic E-state index is 0.0754. The Morgan fingerprint density at radius 1 is 1.32 bits per heavy atom. The second-order valence-electron chi connectivity index (χ2n) is 5.89. The predicted octanol–water partition coefficient (Wildman–Crippen LogP) is 3.24. The fraction of sp³-hybridized carbons (Fsp3) is 0.562. The van der Waals surface area contributed by atoms with Crippen molar-refractivity contribution in [3.8, 4) is 0 Å². The summed E-state index contributed by atoms with van der Waals surface area (Å²) in [5, 5.41) is 13.8. The highest BCUT2D eigenvalue weighted by atomic mass is 16.3. The molecule has 1 aliphatic rings. The maximum atomic E-state index is 11.2. The molecule has 0 unspecified atom stereocenters. The van der Waals surface area contributed by atoms with Gasteiger partial charge in [0.1, 0.15) is 0 Å². The number of rotatable bonds is 4. The Labute approximate surface area is 115 Å². The van der Waals surface area contributed by atoms with Crippen molar-refractivity contribution < 1.29 is 9.90 Å². The van der Waals surface area contributed by atoms with Crippen LogP contribution in [0.4, 0.5) is 5.69 Å². The first-order valence-corrected chi connectivity index (χ1v) is 7.06. The average molecular weight is 261 g/mol. The molecule has 0 atom stereocenters. The van der Waals surface area contributed by atoms with Gasteiger partial charge >= 0.3 is 0 Å². The summed E-state index contributed by atoms with van der Waals surface area (Å²) in [4.78, 5) is 11.2. The van der Waals surface area contributed by atoms with Gasteiger partial charge in [-0.1, -0.05) is 6.92 Å². The number of hydrogen-bond acceptors (Lipinski definition) is 3. The first-order valence-electron chi connectivity index (χ1n) is 7.06. The zero-order valence-corrected chi connectivity index (χ0v) is 11.8. The van der Waals surface area contributed by atoms with E-state index in [1.807, 2.05) is 24.3 Å². The molecule has 1 fully saturated rings. The zero-order chi connectivity index (χ0) is 13.9. The Balaban J connectivity index is 1.89. The van der Waals surface area contributed by atoms with Crippen molar-refractivity contribution in [2.75, 3.05) is 11.9 Å². The molecular formula is C16H23NO2. The van der Waals surface area contributed by atoms with Crippen LogP contribution in [0.5, 0.6) is 0 Å². The fourth-order valence-electron chi connectivity index (χ4n) is 2.57. The quantitative estimate of drug-likeness (QED) is 0.818. The van der Waals surface area contributed by atoms with Gasteiger partial charge in [-0.3, -0.25) is 4.79 Å². The smallest absolute Gasteiger partial charge is 0.159 e. The van der Waals surface area contributed by atoms with Crippen LogP contribution in [-0.2, 0) is 0 Å². The van der Waals surface area contributed by atoms with Crippen molar-refractivity contribution in [3.05, 3.63) is 29.8 Å². The van der Waals surface area contributed by atoms with Crippen molar-refractivity contribution in [1.82, 2.24) is 0 Å². The van der Waals surface area contributed by atoms with Crippen LogP contribution in [-0.4, -0.2) is 23.0 Å². The summed E-state index contributed by atoms with van der Waals surface area (Å²) in [7, 11) is 0. The van der Waals surface area contributed by atoms with Crippen molar-refractivity contribution in [3.63, 3.8) is 0 Å². The Morgan fingerprint density at radius 2 is 1.89 bits per heavy atom. The molecule has 104 valence electrons. The van der Waals surface area contributed by atoms with Gasteiger partial charge in [0.15, 0.2) is 5.78 Å². The molecular weight excluding hydrogens is 238 g/mol. The van der Waals surface area contributed by atoms with Gasteiger partial charge in [0.25, 0.3) is 0 Å². The number of anilines is 1. The molecule has 0 aromatic heterocycles. The third-order valence-corrected chi connectivity index (χ3v) is 4.12. The lowest BCUT2D eigenvalue weighted by atomic mass is 9.79. The average Bonchev–Trinajstić information content (AvgIpc) is 2.41. The molecule has 1 saturated carbocycles. The minimum atomic E-state index is -0.578. The van der Waals surface area contributed by atoms with E-state index < -0.39 is 5.60 Å². The maximum absolute atomic E-state index is 11.2. The van der Waals surface area contributed by atoms with Crippen LogP contribution in [0.2, 0.25) is 0 Å². The van der Waals surface area contributed by atoms with Crippen molar-refractivity contribution in [2.45, 2.75) is 45.1 Å². The molecule has 0 heterocycles. The van der Waals surface area contributed by atoms with E-state index in [4.69, 9.17) is 0 Å².